The zero-order valence-electron chi connectivity index (χ0n) is 19.2. The van der Waals surface area contributed by atoms with Gasteiger partial charge in [0.1, 0.15) is 18.2 Å². The van der Waals surface area contributed by atoms with Gasteiger partial charge in [-0.05, 0) is 49.4 Å². The van der Waals surface area contributed by atoms with Gasteiger partial charge in [0, 0.05) is 12.2 Å². The van der Waals surface area contributed by atoms with Gasteiger partial charge in [0.25, 0.3) is 0 Å². The van der Waals surface area contributed by atoms with Crippen LogP contribution in [0, 0.1) is 5.82 Å². The average molecular weight is 503 g/mol. The van der Waals surface area contributed by atoms with Crippen molar-refractivity contribution in [3.8, 4) is 5.75 Å². The van der Waals surface area contributed by atoms with Gasteiger partial charge < -0.3 is 24.1 Å². The van der Waals surface area contributed by atoms with Gasteiger partial charge in [0.2, 0.25) is 5.91 Å². The minimum Gasteiger partial charge on any atom is -0.486 e. The number of thioether (sulfide) groups is 1. The van der Waals surface area contributed by atoms with E-state index < -0.39 is 11.9 Å². The van der Waals surface area contributed by atoms with E-state index >= 15 is 0 Å². The molecule has 184 valence electrons. The number of hydrogen-bond donors (Lipinski definition) is 1. The number of rotatable bonds is 10. The third-order valence-corrected chi connectivity index (χ3v) is 5.65. The van der Waals surface area contributed by atoms with Crippen LogP contribution in [0.15, 0.2) is 47.6 Å². The van der Waals surface area contributed by atoms with Gasteiger partial charge in [-0.3, -0.25) is 4.79 Å². The smallest absolute Gasteiger partial charge is 0.337 e. The molecule has 1 N–H and O–H groups in total. The molecule has 0 aliphatic heterocycles. The highest BCUT2D eigenvalue weighted by Gasteiger charge is 2.17. The van der Waals surface area contributed by atoms with Crippen LogP contribution >= 0.6 is 11.8 Å². The molecule has 1 amide bonds. The maximum atomic E-state index is 13.0. The monoisotopic (exact) mass is 502 g/mol. The topological polar surface area (TPSA) is 122 Å². The summed E-state index contributed by atoms with van der Waals surface area (Å²) >= 11 is 1.16. The molecule has 10 nitrogen and oxygen atoms in total. The first kappa shape index (κ1) is 25.7. The number of aromatic nitrogens is 3. The number of ether oxygens (including phenoxy) is 3. The van der Waals surface area contributed by atoms with E-state index in [0.29, 0.717) is 23.3 Å². The Morgan fingerprint density at radius 1 is 1.00 bits per heavy atom. The molecule has 0 aliphatic rings. The van der Waals surface area contributed by atoms with Gasteiger partial charge in [-0.2, -0.15) is 0 Å². The highest BCUT2D eigenvalue weighted by Crippen LogP contribution is 2.21. The Morgan fingerprint density at radius 2 is 1.63 bits per heavy atom. The van der Waals surface area contributed by atoms with Crippen LogP contribution in [0.4, 0.5) is 10.1 Å². The van der Waals surface area contributed by atoms with E-state index in [1.54, 1.807) is 4.57 Å². The standard InChI is InChI=1S/C23H23FN4O6S/c1-4-28-19(12-34-18-7-5-16(24)6-8-18)26-27-23(28)35-13-20(29)25-17-10-14(21(30)32-2)9-15(11-17)22(31)33-3/h5-11H,4,12-13H2,1-3H3,(H,25,29). The normalized spacial score (nSPS) is 10.5. The first-order valence-electron chi connectivity index (χ1n) is 10.4. The van der Waals surface area contributed by atoms with E-state index in [2.05, 4.69) is 15.5 Å². The number of hydrogen-bond acceptors (Lipinski definition) is 9. The van der Waals surface area contributed by atoms with Crippen LogP contribution in [0.1, 0.15) is 33.5 Å². The number of anilines is 1. The molecule has 0 saturated heterocycles. The maximum Gasteiger partial charge on any atom is 0.337 e. The van der Waals surface area contributed by atoms with E-state index in [0.717, 1.165) is 11.8 Å². The van der Waals surface area contributed by atoms with Crippen molar-refractivity contribution in [1.82, 2.24) is 14.8 Å². The molecule has 1 aromatic heterocycles. The molecule has 0 spiro atoms. The summed E-state index contributed by atoms with van der Waals surface area (Å²) in [7, 11) is 2.43. The molecule has 0 saturated carbocycles. The van der Waals surface area contributed by atoms with Crippen molar-refractivity contribution in [3.63, 3.8) is 0 Å². The number of carbonyl (C=O) groups excluding carboxylic acids is 3. The van der Waals surface area contributed by atoms with Crippen molar-refractivity contribution in [2.24, 2.45) is 0 Å². The van der Waals surface area contributed by atoms with Crippen molar-refractivity contribution in [2.45, 2.75) is 25.2 Å². The lowest BCUT2D eigenvalue weighted by atomic mass is 10.1. The fourth-order valence-electron chi connectivity index (χ4n) is 3.03. The van der Waals surface area contributed by atoms with Crippen LogP contribution < -0.4 is 10.1 Å². The van der Waals surface area contributed by atoms with E-state index in [4.69, 9.17) is 14.2 Å². The second-order valence-electron chi connectivity index (χ2n) is 7.00. The Balaban J connectivity index is 1.65. The lowest BCUT2D eigenvalue weighted by Crippen LogP contribution is -2.16. The van der Waals surface area contributed by atoms with Crippen LogP contribution in [-0.2, 0) is 27.4 Å². The van der Waals surface area contributed by atoms with Gasteiger partial charge >= 0.3 is 11.9 Å². The first-order valence-corrected chi connectivity index (χ1v) is 11.4. The van der Waals surface area contributed by atoms with Gasteiger partial charge in [-0.1, -0.05) is 11.8 Å². The number of amides is 1. The van der Waals surface area contributed by atoms with Gasteiger partial charge in [-0.15, -0.1) is 10.2 Å². The first-order chi connectivity index (χ1) is 16.8. The van der Waals surface area contributed by atoms with E-state index in [1.165, 1.54) is 56.7 Å². The van der Waals surface area contributed by atoms with Crippen molar-refractivity contribution < 1.29 is 33.0 Å². The maximum absolute atomic E-state index is 13.0. The summed E-state index contributed by atoms with van der Waals surface area (Å²) in [6.45, 7) is 2.57. The second-order valence-corrected chi connectivity index (χ2v) is 7.95. The van der Waals surface area contributed by atoms with E-state index in [9.17, 15) is 18.8 Å². The van der Waals surface area contributed by atoms with Crippen molar-refractivity contribution >= 4 is 35.3 Å². The van der Waals surface area contributed by atoms with Gasteiger partial charge in [-0.25, -0.2) is 14.0 Å². The fourth-order valence-corrected chi connectivity index (χ4v) is 3.85. The fraction of sp³-hybridized carbons (Fsp3) is 0.261. The molecular formula is C23H23FN4O6S. The van der Waals surface area contributed by atoms with Gasteiger partial charge in [0.15, 0.2) is 11.0 Å². The highest BCUT2D eigenvalue weighted by molar-refractivity contribution is 7.99. The molecule has 12 heteroatoms. The van der Waals surface area contributed by atoms with Crippen LogP contribution in [-0.4, -0.2) is 52.6 Å². The molecule has 2 aromatic carbocycles. The second kappa shape index (κ2) is 12.0. The van der Waals surface area contributed by atoms with Crippen LogP contribution in [0.5, 0.6) is 5.75 Å². The molecule has 0 aliphatic carbocycles. The molecule has 0 radical (unpaired) electrons. The number of nitrogens with one attached hydrogen (secondary N) is 1. The Morgan fingerprint density at radius 3 is 2.20 bits per heavy atom. The zero-order valence-corrected chi connectivity index (χ0v) is 20.1. The number of nitrogens with zero attached hydrogens (tertiary/aromatic N) is 3. The molecule has 0 atom stereocenters. The van der Waals surface area contributed by atoms with E-state index in [-0.39, 0.29) is 40.9 Å². The Hall–Kier alpha value is -3.93. The summed E-state index contributed by atoms with van der Waals surface area (Å²) in [5.41, 5.74) is 0.425. The predicted molar refractivity (Wildman–Crippen MR) is 125 cm³/mol. The van der Waals surface area contributed by atoms with Crippen molar-refractivity contribution in [3.05, 3.63) is 65.2 Å². The lowest BCUT2D eigenvalue weighted by Gasteiger charge is -2.10. The third-order valence-electron chi connectivity index (χ3n) is 4.68. The third kappa shape index (κ3) is 6.79. The predicted octanol–water partition coefficient (Wildman–Crippen LogP) is 3.32. The Bertz CT molecular complexity index is 1180. The number of esters is 2. The molecule has 35 heavy (non-hydrogen) atoms. The summed E-state index contributed by atoms with van der Waals surface area (Å²) in [4.78, 5) is 36.4. The van der Waals surface area contributed by atoms with Crippen molar-refractivity contribution in [2.75, 3.05) is 25.3 Å². The molecule has 0 unspecified atom stereocenters. The highest BCUT2D eigenvalue weighted by atomic mass is 32.2. The molecule has 0 bridgehead atoms. The average Bonchev–Trinajstić information content (AvgIpc) is 3.27. The van der Waals surface area contributed by atoms with E-state index in [1.807, 2.05) is 6.92 Å². The molecular weight excluding hydrogens is 479 g/mol. The van der Waals surface area contributed by atoms with Crippen LogP contribution in [0.25, 0.3) is 0 Å². The number of carbonyl (C=O) groups is 3. The zero-order chi connectivity index (χ0) is 25.4. The summed E-state index contributed by atoms with van der Waals surface area (Å²) in [5, 5.41) is 11.4. The quantitative estimate of drug-likeness (QED) is 0.329. The Kier molecular flexibility index (Phi) is 8.79. The summed E-state index contributed by atoms with van der Waals surface area (Å²) < 4.78 is 29.9. The number of halogens is 1. The van der Waals surface area contributed by atoms with Gasteiger partial charge in [0.05, 0.1) is 31.1 Å². The SMILES string of the molecule is CCn1c(COc2ccc(F)cc2)nnc1SCC(=O)Nc1cc(C(=O)OC)cc(C(=O)OC)c1. The molecule has 3 aromatic rings. The number of methoxy groups -OCH3 is 2. The molecule has 0 fully saturated rings. The Labute approximate surface area is 204 Å². The summed E-state index contributed by atoms with van der Waals surface area (Å²) in [6, 6.07) is 9.76. The minimum atomic E-state index is -0.660. The summed E-state index contributed by atoms with van der Waals surface area (Å²) in [5.74, 6) is -1.03. The van der Waals surface area contributed by atoms with Crippen molar-refractivity contribution in [1.29, 1.82) is 0 Å². The molecule has 1 heterocycles. The van der Waals surface area contributed by atoms with Crippen LogP contribution in [0.2, 0.25) is 0 Å². The van der Waals surface area contributed by atoms with Crippen LogP contribution in [0.3, 0.4) is 0 Å². The summed E-state index contributed by atoms with van der Waals surface area (Å²) in [6.07, 6.45) is 0. The number of benzene rings is 2. The molecule has 3 rings (SSSR count). The minimum absolute atomic E-state index is 0.00698. The lowest BCUT2D eigenvalue weighted by molar-refractivity contribution is -0.113. The largest absolute Gasteiger partial charge is 0.486 e.